The van der Waals surface area contributed by atoms with Gasteiger partial charge >= 0.3 is 0 Å². The van der Waals surface area contributed by atoms with Crippen LogP contribution in [0.2, 0.25) is 0 Å². The Bertz CT molecular complexity index is 309. The van der Waals surface area contributed by atoms with E-state index < -0.39 is 0 Å². The van der Waals surface area contributed by atoms with E-state index in [-0.39, 0.29) is 0 Å². The standard InChI is InChI=1S/C11H19N3OS/c1-4-5-15-11-6-10(13-8-14-11)12-7-9(2)16-3/h6,8-9H,4-5,7H2,1-3H3,(H,12,13,14). The van der Waals surface area contributed by atoms with E-state index in [1.807, 2.05) is 17.8 Å². The van der Waals surface area contributed by atoms with Gasteiger partial charge in [0.15, 0.2) is 0 Å². The van der Waals surface area contributed by atoms with Gasteiger partial charge in [0.05, 0.1) is 6.61 Å². The maximum absolute atomic E-state index is 5.43. The van der Waals surface area contributed by atoms with Crippen molar-refractivity contribution in [2.45, 2.75) is 25.5 Å². The second-order valence-corrected chi connectivity index (χ2v) is 4.79. The topological polar surface area (TPSA) is 47.0 Å². The lowest BCUT2D eigenvalue weighted by molar-refractivity contribution is 0.305. The van der Waals surface area contributed by atoms with Crippen molar-refractivity contribution in [3.63, 3.8) is 0 Å². The van der Waals surface area contributed by atoms with Crippen LogP contribution < -0.4 is 10.1 Å². The molecule has 1 aromatic heterocycles. The van der Waals surface area contributed by atoms with Gasteiger partial charge in [-0.15, -0.1) is 0 Å². The van der Waals surface area contributed by atoms with E-state index in [2.05, 4.69) is 35.4 Å². The number of anilines is 1. The van der Waals surface area contributed by atoms with E-state index >= 15 is 0 Å². The first-order valence-corrected chi connectivity index (χ1v) is 6.76. The SMILES string of the molecule is CCCOc1cc(NCC(C)SC)ncn1. The predicted octanol–water partition coefficient (Wildman–Crippen LogP) is 2.43. The Morgan fingerprint density at radius 2 is 2.31 bits per heavy atom. The highest BCUT2D eigenvalue weighted by molar-refractivity contribution is 7.99. The summed E-state index contributed by atoms with van der Waals surface area (Å²) < 4.78 is 5.43. The molecule has 0 saturated heterocycles. The zero-order valence-electron chi connectivity index (χ0n) is 10.1. The molecular formula is C11H19N3OS. The summed E-state index contributed by atoms with van der Waals surface area (Å²) in [6.45, 7) is 5.83. The highest BCUT2D eigenvalue weighted by Crippen LogP contribution is 2.12. The third-order valence-electron chi connectivity index (χ3n) is 2.07. The molecule has 0 aliphatic carbocycles. The van der Waals surface area contributed by atoms with Crippen LogP contribution in [0.15, 0.2) is 12.4 Å². The predicted molar refractivity (Wildman–Crippen MR) is 69.3 cm³/mol. The molecule has 0 bridgehead atoms. The second kappa shape index (κ2) is 7.33. The van der Waals surface area contributed by atoms with Crippen LogP contribution in [0.25, 0.3) is 0 Å². The minimum absolute atomic E-state index is 0.565. The number of aromatic nitrogens is 2. The van der Waals surface area contributed by atoms with Gasteiger partial charge in [0.25, 0.3) is 0 Å². The van der Waals surface area contributed by atoms with E-state index in [1.54, 1.807) is 0 Å². The van der Waals surface area contributed by atoms with E-state index in [1.165, 1.54) is 6.33 Å². The second-order valence-electron chi connectivity index (χ2n) is 3.52. The number of ether oxygens (including phenoxy) is 1. The number of hydrogen-bond acceptors (Lipinski definition) is 5. The molecule has 4 nitrogen and oxygen atoms in total. The monoisotopic (exact) mass is 241 g/mol. The van der Waals surface area contributed by atoms with Gasteiger partial charge in [-0.25, -0.2) is 9.97 Å². The molecule has 90 valence electrons. The minimum atomic E-state index is 0.565. The number of hydrogen-bond donors (Lipinski definition) is 1. The van der Waals surface area contributed by atoms with Crippen molar-refractivity contribution < 1.29 is 4.74 Å². The first-order chi connectivity index (χ1) is 7.76. The van der Waals surface area contributed by atoms with Crippen molar-refractivity contribution in [1.29, 1.82) is 0 Å². The van der Waals surface area contributed by atoms with Gasteiger partial charge in [0.2, 0.25) is 5.88 Å². The van der Waals surface area contributed by atoms with E-state index in [0.29, 0.717) is 17.7 Å². The van der Waals surface area contributed by atoms with Crippen molar-refractivity contribution in [2.75, 3.05) is 24.7 Å². The summed E-state index contributed by atoms with van der Waals surface area (Å²) in [5.41, 5.74) is 0. The van der Waals surface area contributed by atoms with Gasteiger partial charge in [-0.1, -0.05) is 13.8 Å². The lowest BCUT2D eigenvalue weighted by atomic mass is 10.4. The quantitative estimate of drug-likeness (QED) is 0.794. The molecule has 0 amide bonds. The third-order valence-corrected chi connectivity index (χ3v) is 3.04. The number of thioether (sulfide) groups is 1. The number of rotatable bonds is 7. The Balaban J connectivity index is 2.46. The van der Waals surface area contributed by atoms with E-state index in [0.717, 1.165) is 18.8 Å². The molecule has 0 aliphatic heterocycles. The normalized spacial score (nSPS) is 12.2. The molecule has 0 saturated carbocycles. The van der Waals surface area contributed by atoms with Crippen molar-refractivity contribution in [3.05, 3.63) is 12.4 Å². The van der Waals surface area contributed by atoms with Gasteiger partial charge < -0.3 is 10.1 Å². The first kappa shape index (κ1) is 13.1. The summed E-state index contributed by atoms with van der Waals surface area (Å²) in [5, 5.41) is 3.83. The highest BCUT2D eigenvalue weighted by Gasteiger charge is 2.02. The molecule has 0 aromatic carbocycles. The van der Waals surface area contributed by atoms with Crippen molar-refractivity contribution >= 4 is 17.6 Å². The maximum atomic E-state index is 5.43. The van der Waals surface area contributed by atoms with Crippen LogP contribution in [0.4, 0.5) is 5.82 Å². The fraction of sp³-hybridized carbons (Fsp3) is 0.636. The molecule has 1 aromatic rings. The van der Waals surface area contributed by atoms with Crippen LogP contribution in [-0.4, -0.2) is 34.6 Å². The van der Waals surface area contributed by atoms with Crippen LogP contribution in [0, 0.1) is 0 Å². The molecular weight excluding hydrogens is 222 g/mol. The number of nitrogens with one attached hydrogen (secondary N) is 1. The molecule has 1 unspecified atom stereocenters. The van der Waals surface area contributed by atoms with Crippen LogP contribution >= 0.6 is 11.8 Å². The number of nitrogens with zero attached hydrogens (tertiary/aromatic N) is 2. The van der Waals surface area contributed by atoms with Gasteiger partial charge in [-0.2, -0.15) is 11.8 Å². The Kier molecular flexibility index (Phi) is 6.00. The van der Waals surface area contributed by atoms with Crippen LogP contribution in [0.3, 0.4) is 0 Å². The molecule has 5 heteroatoms. The molecule has 16 heavy (non-hydrogen) atoms. The molecule has 1 rings (SSSR count). The molecule has 0 aliphatic rings. The zero-order valence-corrected chi connectivity index (χ0v) is 10.9. The summed E-state index contributed by atoms with van der Waals surface area (Å²) in [7, 11) is 0. The largest absolute Gasteiger partial charge is 0.478 e. The zero-order chi connectivity index (χ0) is 11.8. The fourth-order valence-corrected chi connectivity index (χ4v) is 1.30. The maximum Gasteiger partial charge on any atom is 0.218 e. The summed E-state index contributed by atoms with van der Waals surface area (Å²) in [6.07, 6.45) is 4.61. The summed E-state index contributed by atoms with van der Waals surface area (Å²) >= 11 is 1.82. The van der Waals surface area contributed by atoms with Gasteiger partial charge in [0.1, 0.15) is 12.1 Å². The van der Waals surface area contributed by atoms with Crippen LogP contribution in [-0.2, 0) is 0 Å². The average Bonchev–Trinajstić information content (AvgIpc) is 2.34. The first-order valence-electron chi connectivity index (χ1n) is 5.47. The van der Waals surface area contributed by atoms with E-state index in [9.17, 15) is 0 Å². The highest BCUT2D eigenvalue weighted by atomic mass is 32.2. The smallest absolute Gasteiger partial charge is 0.218 e. The van der Waals surface area contributed by atoms with Gasteiger partial charge in [-0.05, 0) is 12.7 Å². The Morgan fingerprint density at radius 3 is 3.00 bits per heavy atom. The lowest BCUT2D eigenvalue weighted by Crippen LogP contribution is -2.13. The molecule has 0 spiro atoms. The van der Waals surface area contributed by atoms with E-state index in [4.69, 9.17) is 4.74 Å². The molecule has 1 N–H and O–H groups in total. The summed E-state index contributed by atoms with van der Waals surface area (Å²) in [6, 6.07) is 1.84. The van der Waals surface area contributed by atoms with Crippen molar-refractivity contribution in [3.8, 4) is 5.88 Å². The Labute approximate surface area is 101 Å². The summed E-state index contributed by atoms with van der Waals surface area (Å²) in [5.74, 6) is 1.46. The Hall–Kier alpha value is -0.970. The van der Waals surface area contributed by atoms with Crippen molar-refractivity contribution in [2.24, 2.45) is 0 Å². The molecule has 0 radical (unpaired) electrons. The fourth-order valence-electron chi connectivity index (χ4n) is 1.05. The molecule has 0 fully saturated rings. The lowest BCUT2D eigenvalue weighted by Gasteiger charge is -2.10. The van der Waals surface area contributed by atoms with Crippen LogP contribution in [0.5, 0.6) is 5.88 Å². The average molecular weight is 241 g/mol. The van der Waals surface area contributed by atoms with Crippen LogP contribution in [0.1, 0.15) is 20.3 Å². The molecule has 1 heterocycles. The van der Waals surface area contributed by atoms with Gasteiger partial charge in [-0.3, -0.25) is 0 Å². The summed E-state index contributed by atoms with van der Waals surface area (Å²) in [4.78, 5) is 8.19. The third kappa shape index (κ3) is 4.70. The van der Waals surface area contributed by atoms with Gasteiger partial charge in [0, 0.05) is 17.9 Å². The Morgan fingerprint density at radius 1 is 1.50 bits per heavy atom. The minimum Gasteiger partial charge on any atom is -0.478 e. The van der Waals surface area contributed by atoms with Crippen molar-refractivity contribution in [1.82, 2.24) is 9.97 Å². The molecule has 1 atom stereocenters.